The molecular formula is C82H72B2BrCl4N28O12P. The fourth-order valence-corrected chi connectivity index (χ4v) is 12.3. The normalized spacial score (nSPS) is 12.6. The number of ether oxygens (including phenoxy) is 1. The molecule has 0 atom stereocenters. The summed E-state index contributed by atoms with van der Waals surface area (Å²) in [6.45, 7) is 10.9. The van der Waals surface area contributed by atoms with E-state index in [0.717, 1.165) is 83.6 Å². The molecule has 48 heteroatoms. The number of carbonyl (C=O) groups is 1. The second-order valence-electron chi connectivity index (χ2n) is 27.8. The first kappa shape index (κ1) is 92.8. The zero-order chi connectivity index (χ0) is 92.4. The van der Waals surface area contributed by atoms with Crippen LogP contribution in [0.2, 0.25) is 5.15 Å². The fraction of sp³-hybridized carbons (Fsp3) is 0.110. The number of aromatic nitrogens is 22. The molecule has 658 valence electrons. The van der Waals surface area contributed by atoms with Gasteiger partial charge in [-0.3, -0.25) is 24.3 Å². The molecule has 0 unspecified atom stereocenters. The lowest BCUT2D eigenvalue weighted by Crippen LogP contribution is -2.41. The molecular weight excluding hydrogens is 1840 g/mol. The Hall–Kier alpha value is -14.8. The highest BCUT2D eigenvalue weighted by Gasteiger charge is 2.52. The van der Waals surface area contributed by atoms with Gasteiger partial charge in [0.1, 0.15) is 44.2 Å². The van der Waals surface area contributed by atoms with Gasteiger partial charge in [0, 0.05) is 95.8 Å². The molecule has 20 aromatic rings. The van der Waals surface area contributed by atoms with Gasteiger partial charge in [-0.1, -0.05) is 29.8 Å². The van der Waals surface area contributed by atoms with Crippen LogP contribution in [0.4, 0.5) is 24.1 Å². The number of oxazole rings is 4. The zero-order valence-corrected chi connectivity index (χ0v) is 74.2. The monoisotopic (exact) mass is 1910 g/mol. The summed E-state index contributed by atoms with van der Waals surface area (Å²) in [6, 6.07) is 42.6. The van der Waals surface area contributed by atoms with Crippen molar-refractivity contribution in [2.24, 2.45) is 10.7 Å². The van der Waals surface area contributed by atoms with Gasteiger partial charge in [0.2, 0.25) is 0 Å². The Labute approximate surface area is 762 Å². The van der Waals surface area contributed by atoms with E-state index in [1.54, 1.807) is 135 Å². The van der Waals surface area contributed by atoms with Crippen LogP contribution < -0.4 is 45.2 Å². The van der Waals surface area contributed by atoms with Crippen molar-refractivity contribution in [3.63, 3.8) is 0 Å². The van der Waals surface area contributed by atoms with Gasteiger partial charge < -0.3 is 75.4 Å². The highest BCUT2D eigenvalue weighted by molar-refractivity contribution is 9.10. The lowest BCUT2D eigenvalue weighted by molar-refractivity contribution is -0.136. The van der Waals surface area contributed by atoms with Gasteiger partial charge in [-0.15, -0.1) is 11.1 Å². The Morgan fingerprint density at radius 2 is 1.10 bits per heavy atom. The zero-order valence-electron chi connectivity index (χ0n) is 68.7. The Bertz CT molecular complexity index is 7540. The number of nitrogen functional groups attached to an aromatic ring is 4. The maximum atomic E-state index is 10.7. The predicted octanol–water partition coefficient (Wildman–Crippen LogP) is 12.4. The van der Waals surface area contributed by atoms with Crippen molar-refractivity contribution in [3.8, 4) is 57.1 Å². The number of hydrogen-bond donors (Lipinski definition) is 8. The molecule has 2 aliphatic rings. The number of aromatic amines is 1. The van der Waals surface area contributed by atoms with E-state index in [2.05, 4.69) is 146 Å². The SMILES string of the molecule is C#CC(=O)OCC.CC1(C)OB(c2ccc3oc(N)nc3c2)OC1(C)C.Clc1ccn2nccc2n1.NC1=NCC=C1.Nc1nc2cc(-c3ccn4ncc(-c5ccncc5)c4n3)ccc2o1.Nc1nc2cc(-c3cnn4ncc(Br)c4c3)ccc2o1.Nc1nc2cc(-c3cnn4nccc4n3)ccc2o1.O=P(Cl)(Cl)Cl.O=c1ccn2nccc2[nH]1.OB(O)c1ccncc1. The van der Waals surface area contributed by atoms with Crippen LogP contribution in [0.3, 0.4) is 0 Å². The molecule has 40 nitrogen and oxygen atoms in total. The molecule has 4 aromatic carbocycles. The Morgan fingerprint density at radius 3 is 1.67 bits per heavy atom. The number of halogens is 5. The minimum Gasteiger partial charge on any atom is -0.456 e. The van der Waals surface area contributed by atoms with E-state index in [1.807, 2.05) is 143 Å². The summed E-state index contributed by atoms with van der Waals surface area (Å²) in [5.74, 6) is 1.86. The van der Waals surface area contributed by atoms with Crippen molar-refractivity contribution in [1.82, 2.24) is 108 Å². The molecule has 0 bridgehead atoms. The number of amidine groups is 1. The summed E-state index contributed by atoms with van der Waals surface area (Å²) < 4.78 is 55.8. The predicted molar refractivity (Wildman–Crippen MR) is 498 cm³/mol. The molecule has 0 spiro atoms. The third kappa shape index (κ3) is 24.5. The van der Waals surface area contributed by atoms with Gasteiger partial charge in [0.25, 0.3) is 29.6 Å². The number of benzene rings is 4. The number of pyridine rings is 2. The van der Waals surface area contributed by atoms with Gasteiger partial charge in [0.15, 0.2) is 39.3 Å². The van der Waals surface area contributed by atoms with Crippen LogP contribution >= 0.6 is 66.5 Å². The van der Waals surface area contributed by atoms with E-state index in [-0.39, 0.29) is 40.8 Å². The summed E-state index contributed by atoms with van der Waals surface area (Å²) in [5, 5.41) is 43.2. The van der Waals surface area contributed by atoms with Gasteiger partial charge in [-0.05, 0) is 216 Å². The quantitative estimate of drug-likeness (QED) is 0.0183. The Balaban J connectivity index is 0.000000128. The fourth-order valence-electron chi connectivity index (χ4n) is 11.8. The molecule has 18 heterocycles. The molecule has 0 amide bonds. The number of fused-ring (bicyclic) bond motifs is 9. The van der Waals surface area contributed by atoms with E-state index in [9.17, 15) is 14.2 Å². The van der Waals surface area contributed by atoms with Crippen LogP contribution in [-0.4, -0.2) is 169 Å². The van der Waals surface area contributed by atoms with Crippen LogP contribution in [0, 0.1) is 12.3 Å². The Kier molecular flexibility index (Phi) is 29.8. The van der Waals surface area contributed by atoms with Crippen LogP contribution in [-0.2, 0) is 23.4 Å². The smallest absolute Gasteiger partial charge is 0.456 e. The second kappa shape index (κ2) is 41.7. The molecule has 130 heavy (non-hydrogen) atoms. The molecule has 16 aromatic heterocycles. The number of esters is 1. The minimum atomic E-state index is -3.22. The van der Waals surface area contributed by atoms with Crippen molar-refractivity contribution in [2.45, 2.75) is 45.8 Å². The average Bonchev–Trinajstić information content (AvgIpc) is 1.62. The summed E-state index contributed by atoms with van der Waals surface area (Å²) in [5.41, 5.74) is 44.7. The van der Waals surface area contributed by atoms with Crippen molar-refractivity contribution in [1.29, 1.82) is 0 Å². The van der Waals surface area contributed by atoms with Gasteiger partial charge in [-0.25, -0.2) is 33.3 Å². The number of terminal acetylenes is 1. The molecule has 0 saturated carbocycles. The number of hydrogen-bond acceptors (Lipinski definition) is 34. The number of nitrogens with one attached hydrogen (secondary N) is 1. The van der Waals surface area contributed by atoms with Crippen molar-refractivity contribution < 1.29 is 51.1 Å². The molecule has 1 fully saturated rings. The number of aliphatic imine (C=N–C) groups is 1. The molecule has 0 radical (unpaired) electrons. The summed E-state index contributed by atoms with van der Waals surface area (Å²) in [6.07, 6.45) is 32.1. The third-order valence-electron chi connectivity index (χ3n) is 18.5. The second-order valence-corrected chi connectivity index (χ2v) is 35.7. The van der Waals surface area contributed by atoms with Crippen LogP contribution in [0.5, 0.6) is 0 Å². The standard InChI is InChI=1S/C18H12N6O.C13H17BN2O3.C13H8BrN5O.C12H8N6O.C6H4ClN3.C6H5N3O.C5H6BNO2.C5H6O2.C4H6N2.Cl3OP/c19-18-23-15-9-12(1-2-16(15)25-18)14-5-8-24-17(22-14)13(10-21-24)11-3-6-20-7-4-11;1-12(2)13(3,4)19-14(18-12)8-5-6-10-9(7-8)16-11(15)17-10;14-9-6-17-19-11(9)4-8(5-16-19)7-1-2-12-10(3-7)18-13(15)20-12;13-12-17-8-5-7(1-2-10(8)19-12)9-6-15-18-11(16-9)3-4-14-18;7-5-2-4-10-6(9-5)1-3-8-10;10-6-2-4-9-5(8-6)1-3-7-9;8-6(9)5-1-3-7-4-2-5;1-3-5(6)7-4-2;5-4-2-1-3-6-4;1-5(2,3)4/h1-10H,(H2,19,23);5-7H,1-4H3,(H2,15,16);1-6H,(H2,15,18);1-6H,(H2,13,17);1-4H;1-4H,(H,8,10);1-4,8-9H;1H,4H2,2H3;1-2H,3H2,(H2,5,6);. The van der Waals surface area contributed by atoms with Gasteiger partial charge >= 0.3 is 25.4 Å². The third-order valence-corrected chi connectivity index (χ3v) is 19.3. The van der Waals surface area contributed by atoms with Crippen LogP contribution in [0.15, 0.2) is 270 Å². The lowest BCUT2D eigenvalue weighted by Gasteiger charge is -2.32. The summed E-state index contributed by atoms with van der Waals surface area (Å²) >= 11 is 22.9. The van der Waals surface area contributed by atoms with Crippen LogP contribution in [0.1, 0.15) is 34.6 Å². The first-order valence-corrected chi connectivity index (χ1v) is 43.8. The number of anilines is 4. The van der Waals surface area contributed by atoms with Gasteiger partial charge in [0.05, 0.1) is 83.6 Å². The van der Waals surface area contributed by atoms with E-state index in [1.165, 1.54) is 23.1 Å². The number of rotatable bonds is 7. The lowest BCUT2D eigenvalue weighted by atomic mass is 9.79. The van der Waals surface area contributed by atoms with Crippen LogP contribution in [0.25, 0.3) is 117 Å². The first-order valence-electron chi connectivity index (χ1n) is 38.3. The number of H-pyrrole nitrogens is 1. The molecule has 22 rings (SSSR count). The largest absolute Gasteiger partial charge is 0.494 e. The van der Waals surface area contributed by atoms with E-state index < -0.39 is 25.4 Å². The first-order chi connectivity index (χ1) is 62.3. The molecule has 1 saturated heterocycles. The maximum absolute atomic E-state index is 10.7. The number of carbonyl (C=O) groups excluding carboxylic acids is 1. The number of nitrogens with two attached hydrogens (primary N) is 5. The van der Waals surface area contributed by atoms with Gasteiger partial charge in [-0.2, -0.15) is 60.3 Å². The highest BCUT2D eigenvalue weighted by atomic mass is 79.9. The topological polar surface area (TPSA) is 558 Å². The van der Waals surface area contributed by atoms with E-state index in [0.29, 0.717) is 73.2 Å². The molecule has 0 aliphatic carbocycles. The Morgan fingerprint density at radius 1 is 0.569 bits per heavy atom. The minimum absolute atomic E-state index is 0.104. The van der Waals surface area contributed by atoms with E-state index >= 15 is 0 Å². The highest BCUT2D eigenvalue weighted by Crippen LogP contribution is 2.61. The summed E-state index contributed by atoms with van der Waals surface area (Å²) in [7, 11) is -1.78. The maximum Gasteiger partial charge on any atom is 0.494 e. The summed E-state index contributed by atoms with van der Waals surface area (Å²) in [4.78, 5) is 64.6. The average molecular weight is 1920 g/mol. The van der Waals surface area contributed by atoms with Crippen molar-refractivity contribution in [3.05, 3.63) is 258 Å². The van der Waals surface area contributed by atoms with E-state index in [4.69, 9.17) is 82.3 Å². The number of nitrogens with zero attached hydrogens (tertiary/aromatic N) is 22. The van der Waals surface area contributed by atoms with Crippen molar-refractivity contribution >= 4 is 200 Å². The van der Waals surface area contributed by atoms with Crippen molar-refractivity contribution in [2.75, 3.05) is 36.1 Å². The molecule has 2 aliphatic heterocycles. The molecule has 13 N–H and O–H groups in total.